The molecular weight excluding hydrogens is 236 g/mol. The van der Waals surface area contributed by atoms with Crippen molar-refractivity contribution >= 4 is 12.0 Å². The van der Waals surface area contributed by atoms with Crippen molar-refractivity contribution in [1.82, 2.24) is 5.32 Å². The molecule has 0 rings (SSSR count). The quantitative estimate of drug-likeness (QED) is 0.672. The molecule has 0 aliphatic carbocycles. The summed E-state index contributed by atoms with van der Waals surface area (Å²) in [5, 5.41) is 2.39. The summed E-state index contributed by atoms with van der Waals surface area (Å²) < 4.78 is 10.3. The Morgan fingerprint density at radius 1 is 1.33 bits per heavy atom. The number of carbonyl (C=O) groups excluding carboxylic acids is 2. The van der Waals surface area contributed by atoms with E-state index in [4.69, 9.17) is 15.2 Å². The zero-order valence-corrected chi connectivity index (χ0v) is 11.6. The van der Waals surface area contributed by atoms with Crippen LogP contribution in [0.15, 0.2) is 0 Å². The number of amides is 2. The maximum Gasteiger partial charge on any atom is 0.408 e. The smallest absolute Gasteiger partial charge is 0.408 e. The van der Waals surface area contributed by atoms with Crippen LogP contribution in [0.2, 0.25) is 0 Å². The number of hydrogen-bond donors (Lipinski definition) is 2. The van der Waals surface area contributed by atoms with Crippen molar-refractivity contribution in [3.63, 3.8) is 0 Å². The lowest BCUT2D eigenvalue weighted by molar-refractivity contribution is -0.121. The molecule has 0 saturated heterocycles. The van der Waals surface area contributed by atoms with E-state index < -0.39 is 23.6 Å². The number of primary amides is 1. The summed E-state index contributed by atoms with van der Waals surface area (Å²) in [6.07, 6.45) is 1.23. The van der Waals surface area contributed by atoms with Crippen LogP contribution in [-0.4, -0.2) is 36.9 Å². The van der Waals surface area contributed by atoms with Crippen LogP contribution in [0.4, 0.5) is 4.79 Å². The Kier molecular flexibility index (Phi) is 7.35. The first-order valence-corrected chi connectivity index (χ1v) is 6.13. The zero-order valence-electron chi connectivity index (χ0n) is 11.6. The highest BCUT2D eigenvalue weighted by molar-refractivity contribution is 5.84. The third-order valence-electron chi connectivity index (χ3n) is 1.96. The number of nitrogens with one attached hydrogen (secondary N) is 1. The third kappa shape index (κ3) is 8.81. The van der Waals surface area contributed by atoms with Gasteiger partial charge in [0, 0.05) is 6.61 Å². The Morgan fingerprint density at radius 2 is 1.94 bits per heavy atom. The molecule has 6 heteroatoms. The third-order valence-corrected chi connectivity index (χ3v) is 1.96. The van der Waals surface area contributed by atoms with E-state index in [1.807, 2.05) is 6.92 Å². The average molecular weight is 260 g/mol. The van der Waals surface area contributed by atoms with Crippen molar-refractivity contribution in [3.8, 4) is 0 Å². The van der Waals surface area contributed by atoms with Crippen molar-refractivity contribution in [2.75, 3.05) is 13.2 Å². The molecule has 0 aromatic carbocycles. The Bertz CT molecular complexity index is 274. The molecule has 0 fully saturated rings. The van der Waals surface area contributed by atoms with Crippen LogP contribution in [0.25, 0.3) is 0 Å². The molecule has 106 valence electrons. The lowest BCUT2D eigenvalue weighted by Gasteiger charge is -2.22. The molecule has 0 aromatic heterocycles. The minimum Gasteiger partial charge on any atom is -0.444 e. The van der Waals surface area contributed by atoms with Crippen molar-refractivity contribution in [2.45, 2.75) is 52.2 Å². The molecule has 2 amide bonds. The molecule has 0 aliphatic heterocycles. The highest BCUT2D eigenvalue weighted by Crippen LogP contribution is 2.06. The molecular formula is C12H24N2O4. The van der Waals surface area contributed by atoms with E-state index in [1.165, 1.54) is 0 Å². The highest BCUT2D eigenvalue weighted by Gasteiger charge is 2.22. The summed E-state index contributed by atoms with van der Waals surface area (Å²) >= 11 is 0. The van der Waals surface area contributed by atoms with Crippen molar-refractivity contribution in [2.24, 2.45) is 5.73 Å². The van der Waals surface area contributed by atoms with Crippen molar-refractivity contribution in [3.05, 3.63) is 0 Å². The van der Waals surface area contributed by atoms with E-state index in [0.717, 1.165) is 12.8 Å². The van der Waals surface area contributed by atoms with Gasteiger partial charge in [-0.15, -0.1) is 0 Å². The van der Waals surface area contributed by atoms with Crippen LogP contribution in [0, 0.1) is 0 Å². The Labute approximate surface area is 108 Å². The van der Waals surface area contributed by atoms with Gasteiger partial charge >= 0.3 is 6.09 Å². The summed E-state index contributed by atoms with van der Waals surface area (Å²) in [6.45, 7) is 7.86. The largest absolute Gasteiger partial charge is 0.444 e. The fraction of sp³-hybridized carbons (Fsp3) is 0.833. The molecule has 3 N–H and O–H groups in total. The van der Waals surface area contributed by atoms with Gasteiger partial charge in [-0.2, -0.15) is 0 Å². The Balaban J connectivity index is 4.11. The van der Waals surface area contributed by atoms with Gasteiger partial charge in [-0.25, -0.2) is 4.79 Å². The predicted molar refractivity (Wildman–Crippen MR) is 68.1 cm³/mol. The second-order valence-corrected chi connectivity index (χ2v) is 5.03. The maximum atomic E-state index is 11.5. The lowest BCUT2D eigenvalue weighted by atomic mass is 10.2. The normalized spacial score (nSPS) is 12.9. The van der Waals surface area contributed by atoms with Crippen molar-refractivity contribution < 1.29 is 19.1 Å². The number of unbranched alkanes of at least 4 members (excludes halogenated alkanes) is 1. The van der Waals surface area contributed by atoms with Crippen molar-refractivity contribution in [1.29, 1.82) is 0 Å². The minimum absolute atomic E-state index is 0.0641. The van der Waals surface area contributed by atoms with E-state index in [2.05, 4.69) is 5.32 Å². The molecule has 0 bridgehead atoms. The zero-order chi connectivity index (χ0) is 14.2. The second-order valence-electron chi connectivity index (χ2n) is 5.03. The number of alkyl carbamates (subject to hydrolysis) is 1. The molecule has 1 atom stereocenters. The summed E-state index contributed by atoms with van der Waals surface area (Å²) in [4.78, 5) is 22.6. The number of hydrogen-bond acceptors (Lipinski definition) is 4. The predicted octanol–water partition coefficient (Wildman–Crippen LogP) is 1.18. The van der Waals surface area contributed by atoms with Gasteiger partial charge in [0.15, 0.2) is 0 Å². The molecule has 0 unspecified atom stereocenters. The summed E-state index contributed by atoms with van der Waals surface area (Å²) in [7, 11) is 0. The van der Waals surface area contributed by atoms with Crippen LogP contribution in [0.1, 0.15) is 40.5 Å². The van der Waals surface area contributed by atoms with Crippen LogP contribution in [0.5, 0.6) is 0 Å². The molecule has 0 radical (unpaired) electrons. The van der Waals surface area contributed by atoms with E-state index in [-0.39, 0.29) is 6.61 Å². The number of rotatable bonds is 7. The van der Waals surface area contributed by atoms with Crippen LogP contribution >= 0.6 is 0 Å². The minimum atomic E-state index is -0.864. The van der Waals surface area contributed by atoms with E-state index in [9.17, 15) is 9.59 Å². The van der Waals surface area contributed by atoms with Gasteiger partial charge in [0.2, 0.25) is 5.91 Å². The lowest BCUT2D eigenvalue weighted by Crippen LogP contribution is -2.48. The maximum absolute atomic E-state index is 11.5. The first kappa shape index (κ1) is 16.7. The molecule has 6 nitrogen and oxygen atoms in total. The fourth-order valence-corrected chi connectivity index (χ4v) is 1.09. The van der Waals surface area contributed by atoms with Gasteiger partial charge in [-0.3, -0.25) is 4.79 Å². The topological polar surface area (TPSA) is 90.7 Å². The first-order chi connectivity index (χ1) is 8.26. The Morgan fingerprint density at radius 3 is 2.39 bits per heavy atom. The van der Waals surface area contributed by atoms with E-state index >= 15 is 0 Å². The van der Waals surface area contributed by atoms with Crippen LogP contribution in [0.3, 0.4) is 0 Å². The van der Waals surface area contributed by atoms with Gasteiger partial charge in [-0.05, 0) is 27.2 Å². The van der Waals surface area contributed by atoms with Crippen LogP contribution < -0.4 is 11.1 Å². The molecule has 0 aromatic rings. The first-order valence-electron chi connectivity index (χ1n) is 6.13. The summed E-state index contributed by atoms with van der Waals surface area (Å²) in [5.74, 6) is -0.641. The number of carbonyl (C=O) groups is 2. The van der Waals surface area contributed by atoms with Gasteiger partial charge in [0.1, 0.15) is 11.6 Å². The summed E-state index contributed by atoms with van der Waals surface area (Å²) in [5.41, 5.74) is 4.56. The monoisotopic (exact) mass is 260 g/mol. The SMILES string of the molecule is CCCCOC[C@H](NC(=O)OC(C)(C)C)C(N)=O. The van der Waals surface area contributed by atoms with Gasteiger partial charge in [0.25, 0.3) is 0 Å². The fourth-order valence-electron chi connectivity index (χ4n) is 1.09. The van der Waals surface area contributed by atoms with Crippen LogP contribution in [-0.2, 0) is 14.3 Å². The number of nitrogens with two attached hydrogens (primary N) is 1. The second kappa shape index (κ2) is 7.92. The molecule has 0 heterocycles. The molecule has 0 spiro atoms. The molecule has 0 saturated carbocycles. The van der Waals surface area contributed by atoms with Gasteiger partial charge in [0.05, 0.1) is 6.61 Å². The Hall–Kier alpha value is -1.30. The van der Waals surface area contributed by atoms with Gasteiger partial charge < -0.3 is 20.5 Å². The summed E-state index contributed by atoms with van der Waals surface area (Å²) in [6, 6.07) is -0.864. The standard InChI is InChI=1S/C12H24N2O4/c1-5-6-7-17-8-9(10(13)15)14-11(16)18-12(2,3)4/h9H,5-8H2,1-4H3,(H2,13,15)(H,14,16)/t9-/m0/s1. The molecule has 0 aliphatic rings. The van der Waals surface area contributed by atoms with E-state index in [1.54, 1.807) is 20.8 Å². The van der Waals surface area contributed by atoms with Gasteiger partial charge in [-0.1, -0.05) is 13.3 Å². The number of ether oxygens (including phenoxy) is 2. The average Bonchev–Trinajstić information content (AvgIpc) is 2.19. The highest BCUT2D eigenvalue weighted by atomic mass is 16.6. The van der Waals surface area contributed by atoms with E-state index in [0.29, 0.717) is 6.61 Å². The molecule has 18 heavy (non-hydrogen) atoms.